The van der Waals surface area contributed by atoms with Crippen LogP contribution < -0.4 is 0 Å². The molecule has 104 valence electrons. The Kier molecular flexibility index (Phi) is 3.90. The number of hydrogen-bond acceptors (Lipinski definition) is 3. The van der Waals surface area contributed by atoms with Gasteiger partial charge in [0.25, 0.3) is 0 Å². The van der Waals surface area contributed by atoms with Crippen LogP contribution in [0.1, 0.15) is 21.5 Å². The van der Waals surface area contributed by atoms with Crippen molar-refractivity contribution in [1.29, 1.82) is 0 Å². The highest BCUT2D eigenvalue weighted by atomic mass is 32.2. The van der Waals surface area contributed by atoms with E-state index in [1.165, 1.54) is 24.3 Å². The molecule has 1 N–H and O–H groups in total. The quantitative estimate of drug-likeness (QED) is 0.939. The van der Waals surface area contributed by atoms with Crippen molar-refractivity contribution < 1.29 is 18.3 Å². The molecule has 0 atom stereocenters. The lowest BCUT2D eigenvalue weighted by Crippen LogP contribution is -2.06. The molecule has 0 heterocycles. The minimum atomic E-state index is -3.46. The lowest BCUT2D eigenvalue weighted by Gasteiger charge is -2.05. The van der Waals surface area contributed by atoms with E-state index in [1.54, 1.807) is 12.1 Å². The number of benzene rings is 2. The van der Waals surface area contributed by atoms with Crippen LogP contribution in [0.4, 0.5) is 0 Å². The third-order valence-corrected chi connectivity index (χ3v) is 4.64. The zero-order valence-electron chi connectivity index (χ0n) is 10.9. The molecule has 4 nitrogen and oxygen atoms in total. The summed E-state index contributed by atoms with van der Waals surface area (Å²) in [6.45, 7) is 1.93. The summed E-state index contributed by atoms with van der Waals surface area (Å²) in [5.41, 5.74) is 1.84. The van der Waals surface area contributed by atoms with Gasteiger partial charge in [0.2, 0.25) is 0 Å². The fraction of sp³-hybridized carbons (Fsp3) is 0.133. The van der Waals surface area contributed by atoms with Crippen molar-refractivity contribution in [2.75, 3.05) is 0 Å². The van der Waals surface area contributed by atoms with E-state index >= 15 is 0 Å². The molecule has 0 amide bonds. The molecule has 0 saturated carbocycles. The minimum Gasteiger partial charge on any atom is -0.478 e. The Morgan fingerprint density at radius 3 is 2.05 bits per heavy atom. The molecule has 5 heteroatoms. The van der Waals surface area contributed by atoms with Gasteiger partial charge >= 0.3 is 5.97 Å². The summed E-state index contributed by atoms with van der Waals surface area (Å²) < 4.78 is 24.4. The number of aryl methyl sites for hydroxylation is 1. The van der Waals surface area contributed by atoms with E-state index in [0.29, 0.717) is 5.56 Å². The van der Waals surface area contributed by atoms with Crippen LogP contribution in [-0.4, -0.2) is 19.5 Å². The second kappa shape index (κ2) is 5.46. The van der Waals surface area contributed by atoms with Gasteiger partial charge in [-0.1, -0.05) is 29.8 Å². The first-order valence-electron chi connectivity index (χ1n) is 6.00. The van der Waals surface area contributed by atoms with Gasteiger partial charge in [-0.05, 0) is 36.8 Å². The van der Waals surface area contributed by atoms with E-state index in [9.17, 15) is 13.2 Å². The molecule has 0 radical (unpaired) electrons. The van der Waals surface area contributed by atoms with Crippen LogP contribution in [0, 0.1) is 6.92 Å². The average Bonchev–Trinajstić information content (AvgIpc) is 2.41. The Bertz CT molecular complexity index is 713. The molecule has 2 aromatic rings. The van der Waals surface area contributed by atoms with Gasteiger partial charge in [-0.15, -0.1) is 0 Å². The van der Waals surface area contributed by atoms with Crippen molar-refractivity contribution in [3.05, 3.63) is 65.2 Å². The fourth-order valence-electron chi connectivity index (χ4n) is 1.79. The average molecular weight is 290 g/mol. The van der Waals surface area contributed by atoms with Crippen molar-refractivity contribution in [1.82, 2.24) is 0 Å². The monoisotopic (exact) mass is 290 g/mol. The standard InChI is InChI=1S/C15H14O4S/c1-11-2-4-12(5-3-11)10-20(18,19)14-8-6-13(7-9-14)15(16)17/h2-9H,10H2,1H3,(H,16,17). The summed E-state index contributed by atoms with van der Waals surface area (Å²) in [6.07, 6.45) is 0. The summed E-state index contributed by atoms with van der Waals surface area (Å²) in [5, 5.41) is 8.79. The van der Waals surface area contributed by atoms with Crippen LogP contribution in [0.5, 0.6) is 0 Å². The third-order valence-electron chi connectivity index (χ3n) is 2.94. The van der Waals surface area contributed by atoms with E-state index in [-0.39, 0.29) is 16.2 Å². The number of carboxylic acid groups (broad SMARTS) is 1. The zero-order valence-corrected chi connectivity index (χ0v) is 11.7. The zero-order chi connectivity index (χ0) is 14.8. The van der Waals surface area contributed by atoms with Crippen molar-refractivity contribution in [2.24, 2.45) is 0 Å². The summed E-state index contributed by atoms with van der Waals surface area (Å²) in [6, 6.07) is 12.5. The molecule has 2 aromatic carbocycles. The summed E-state index contributed by atoms with van der Waals surface area (Å²) in [5.74, 6) is -1.17. The van der Waals surface area contributed by atoms with Crippen LogP contribution in [0.15, 0.2) is 53.4 Å². The van der Waals surface area contributed by atoms with Crippen molar-refractivity contribution in [3.8, 4) is 0 Å². The molecule has 0 saturated heterocycles. The first-order chi connectivity index (χ1) is 9.38. The lowest BCUT2D eigenvalue weighted by molar-refractivity contribution is 0.0696. The maximum Gasteiger partial charge on any atom is 0.335 e. The van der Waals surface area contributed by atoms with Crippen LogP contribution in [0.3, 0.4) is 0 Å². The van der Waals surface area contributed by atoms with Crippen LogP contribution in [-0.2, 0) is 15.6 Å². The van der Waals surface area contributed by atoms with Gasteiger partial charge in [0, 0.05) is 0 Å². The number of aromatic carboxylic acids is 1. The van der Waals surface area contributed by atoms with Gasteiger partial charge in [0.15, 0.2) is 9.84 Å². The van der Waals surface area contributed by atoms with Crippen molar-refractivity contribution in [3.63, 3.8) is 0 Å². The number of carboxylic acids is 1. The smallest absolute Gasteiger partial charge is 0.335 e. The largest absolute Gasteiger partial charge is 0.478 e. The number of carbonyl (C=O) groups is 1. The van der Waals surface area contributed by atoms with Gasteiger partial charge < -0.3 is 5.11 Å². The SMILES string of the molecule is Cc1ccc(CS(=O)(=O)c2ccc(C(=O)O)cc2)cc1. The highest BCUT2D eigenvalue weighted by Crippen LogP contribution is 2.17. The van der Waals surface area contributed by atoms with E-state index in [2.05, 4.69) is 0 Å². The minimum absolute atomic E-state index is 0.0688. The van der Waals surface area contributed by atoms with E-state index < -0.39 is 15.8 Å². The molecule has 2 rings (SSSR count). The molecule has 0 fully saturated rings. The van der Waals surface area contributed by atoms with Crippen LogP contribution >= 0.6 is 0 Å². The number of hydrogen-bond donors (Lipinski definition) is 1. The third kappa shape index (κ3) is 3.24. The van der Waals surface area contributed by atoms with Crippen molar-refractivity contribution in [2.45, 2.75) is 17.6 Å². The molecule has 0 aromatic heterocycles. The number of sulfone groups is 1. The van der Waals surface area contributed by atoms with E-state index in [4.69, 9.17) is 5.11 Å². The van der Waals surface area contributed by atoms with Gasteiger partial charge in [-0.25, -0.2) is 13.2 Å². The Morgan fingerprint density at radius 2 is 1.55 bits per heavy atom. The number of rotatable bonds is 4. The second-order valence-electron chi connectivity index (χ2n) is 4.57. The Balaban J connectivity index is 2.26. The Labute approximate surface area is 117 Å². The molecule has 0 aliphatic rings. The van der Waals surface area contributed by atoms with Crippen LogP contribution in [0.25, 0.3) is 0 Å². The molecule has 0 aliphatic carbocycles. The van der Waals surface area contributed by atoms with Gasteiger partial charge in [-0.2, -0.15) is 0 Å². The van der Waals surface area contributed by atoms with Crippen LogP contribution in [0.2, 0.25) is 0 Å². The summed E-state index contributed by atoms with van der Waals surface area (Å²) in [4.78, 5) is 10.9. The Morgan fingerprint density at radius 1 is 1.00 bits per heavy atom. The molecular formula is C15H14O4S. The molecule has 20 heavy (non-hydrogen) atoms. The maximum absolute atomic E-state index is 12.2. The normalized spacial score (nSPS) is 11.2. The molecule has 0 aliphatic heterocycles. The topological polar surface area (TPSA) is 71.4 Å². The highest BCUT2D eigenvalue weighted by Gasteiger charge is 2.16. The summed E-state index contributed by atoms with van der Waals surface area (Å²) in [7, 11) is -3.46. The first kappa shape index (κ1) is 14.3. The fourth-order valence-corrected chi connectivity index (χ4v) is 3.14. The molecular weight excluding hydrogens is 276 g/mol. The van der Waals surface area contributed by atoms with E-state index in [0.717, 1.165) is 5.56 Å². The van der Waals surface area contributed by atoms with Gasteiger partial charge in [0.05, 0.1) is 16.2 Å². The predicted molar refractivity (Wildman–Crippen MR) is 75.5 cm³/mol. The maximum atomic E-state index is 12.2. The van der Waals surface area contributed by atoms with Crippen molar-refractivity contribution >= 4 is 15.8 Å². The summed E-state index contributed by atoms with van der Waals surface area (Å²) >= 11 is 0. The first-order valence-corrected chi connectivity index (χ1v) is 7.65. The Hall–Kier alpha value is -2.14. The predicted octanol–water partition coefficient (Wildman–Crippen LogP) is 2.67. The molecule has 0 spiro atoms. The molecule has 0 bridgehead atoms. The molecule has 0 unspecified atom stereocenters. The second-order valence-corrected chi connectivity index (χ2v) is 6.56. The lowest BCUT2D eigenvalue weighted by atomic mass is 10.2. The highest BCUT2D eigenvalue weighted by molar-refractivity contribution is 7.90. The van der Waals surface area contributed by atoms with E-state index in [1.807, 2.05) is 19.1 Å². The van der Waals surface area contributed by atoms with Gasteiger partial charge in [0.1, 0.15) is 0 Å². The van der Waals surface area contributed by atoms with Gasteiger partial charge in [-0.3, -0.25) is 0 Å².